The molecule has 1 atom stereocenters. The summed E-state index contributed by atoms with van der Waals surface area (Å²) in [6.45, 7) is 1.48. The van der Waals surface area contributed by atoms with E-state index in [1.807, 2.05) is 24.3 Å². The van der Waals surface area contributed by atoms with Crippen molar-refractivity contribution in [2.24, 2.45) is 0 Å². The van der Waals surface area contributed by atoms with Gasteiger partial charge in [0.2, 0.25) is 0 Å². The van der Waals surface area contributed by atoms with Crippen molar-refractivity contribution < 1.29 is 18.7 Å². The summed E-state index contributed by atoms with van der Waals surface area (Å²) in [5.74, 6) is 0.122. The molecule has 1 N–H and O–H groups in total. The number of carbonyl (C=O) groups is 2. The Morgan fingerprint density at radius 1 is 0.897 bits per heavy atom. The Bertz CT molecular complexity index is 980. The van der Waals surface area contributed by atoms with Crippen LogP contribution in [0.5, 0.6) is 5.75 Å². The maximum Gasteiger partial charge on any atom is 0.251 e. The SMILES string of the molecule is COc1ccc(C(Cc2ccc(F)cc2)NC(=O)c2ccc(C(C)=O)cc2)cc1. The Kier molecular flexibility index (Phi) is 6.39. The smallest absolute Gasteiger partial charge is 0.251 e. The number of Topliss-reactive ketones (excluding diaryl/α,β-unsaturated/α-hetero) is 1. The van der Waals surface area contributed by atoms with E-state index in [1.54, 1.807) is 43.5 Å². The number of carbonyl (C=O) groups excluding carboxylic acids is 2. The van der Waals surface area contributed by atoms with Crippen LogP contribution in [-0.4, -0.2) is 18.8 Å². The molecular weight excluding hydrogens is 369 g/mol. The van der Waals surface area contributed by atoms with Crippen LogP contribution in [-0.2, 0) is 6.42 Å². The Hall–Kier alpha value is -3.47. The molecule has 0 radical (unpaired) electrons. The number of halogens is 1. The number of hydrogen-bond donors (Lipinski definition) is 1. The molecule has 0 bridgehead atoms. The monoisotopic (exact) mass is 391 g/mol. The minimum atomic E-state index is -0.314. The number of rotatable bonds is 7. The van der Waals surface area contributed by atoms with Gasteiger partial charge in [-0.1, -0.05) is 36.4 Å². The number of ketones is 1. The molecule has 3 aromatic carbocycles. The molecule has 0 aliphatic heterocycles. The zero-order valence-corrected chi connectivity index (χ0v) is 16.3. The van der Waals surface area contributed by atoms with Crippen LogP contribution in [0.1, 0.15) is 44.8 Å². The van der Waals surface area contributed by atoms with Gasteiger partial charge in [0.05, 0.1) is 13.2 Å². The Morgan fingerprint density at radius 3 is 2.03 bits per heavy atom. The second-order valence-electron chi connectivity index (χ2n) is 6.76. The fourth-order valence-corrected chi connectivity index (χ4v) is 3.04. The molecule has 1 amide bonds. The van der Waals surface area contributed by atoms with E-state index in [1.165, 1.54) is 19.1 Å². The minimum Gasteiger partial charge on any atom is -0.497 e. The van der Waals surface area contributed by atoms with Gasteiger partial charge in [0, 0.05) is 11.1 Å². The van der Waals surface area contributed by atoms with Crippen LogP contribution in [0.15, 0.2) is 72.8 Å². The van der Waals surface area contributed by atoms with Crippen LogP contribution in [0.3, 0.4) is 0 Å². The quantitative estimate of drug-likeness (QED) is 0.591. The number of hydrogen-bond acceptors (Lipinski definition) is 3. The molecule has 5 heteroatoms. The molecule has 0 fully saturated rings. The number of methoxy groups -OCH3 is 1. The molecule has 148 valence electrons. The first-order chi connectivity index (χ1) is 14.0. The summed E-state index contributed by atoms with van der Waals surface area (Å²) >= 11 is 0. The van der Waals surface area contributed by atoms with Crippen molar-refractivity contribution in [1.29, 1.82) is 0 Å². The predicted octanol–water partition coefficient (Wildman–Crippen LogP) is 4.75. The van der Waals surface area contributed by atoms with E-state index in [4.69, 9.17) is 4.74 Å². The first kappa shape index (κ1) is 20.3. The molecule has 0 spiro atoms. The number of amides is 1. The first-order valence-corrected chi connectivity index (χ1v) is 9.26. The second kappa shape index (κ2) is 9.15. The lowest BCUT2D eigenvalue weighted by Crippen LogP contribution is -2.30. The van der Waals surface area contributed by atoms with Gasteiger partial charge in [-0.15, -0.1) is 0 Å². The highest BCUT2D eigenvalue weighted by atomic mass is 19.1. The molecule has 0 saturated carbocycles. The Morgan fingerprint density at radius 2 is 1.48 bits per heavy atom. The highest BCUT2D eigenvalue weighted by Crippen LogP contribution is 2.22. The van der Waals surface area contributed by atoms with Gasteiger partial charge in [-0.25, -0.2) is 4.39 Å². The fraction of sp³-hybridized carbons (Fsp3) is 0.167. The molecule has 0 aromatic heterocycles. The second-order valence-corrected chi connectivity index (χ2v) is 6.76. The summed E-state index contributed by atoms with van der Waals surface area (Å²) < 4.78 is 18.4. The van der Waals surface area contributed by atoms with Crippen LogP contribution < -0.4 is 10.1 Å². The molecule has 29 heavy (non-hydrogen) atoms. The van der Waals surface area contributed by atoms with Gasteiger partial charge in [-0.3, -0.25) is 9.59 Å². The van der Waals surface area contributed by atoms with Crippen LogP contribution in [0.4, 0.5) is 4.39 Å². The largest absolute Gasteiger partial charge is 0.497 e. The summed E-state index contributed by atoms with van der Waals surface area (Å²) in [4.78, 5) is 24.2. The highest BCUT2D eigenvalue weighted by molar-refractivity contribution is 5.97. The van der Waals surface area contributed by atoms with Gasteiger partial charge in [-0.05, 0) is 60.9 Å². The highest BCUT2D eigenvalue weighted by Gasteiger charge is 2.17. The molecule has 3 aromatic rings. The van der Waals surface area contributed by atoms with E-state index in [0.29, 0.717) is 17.5 Å². The maximum absolute atomic E-state index is 13.2. The van der Waals surface area contributed by atoms with Crippen molar-refractivity contribution >= 4 is 11.7 Å². The summed E-state index contributed by atoms with van der Waals surface area (Å²) in [7, 11) is 1.59. The van der Waals surface area contributed by atoms with Crippen molar-refractivity contribution in [2.75, 3.05) is 7.11 Å². The fourth-order valence-electron chi connectivity index (χ4n) is 3.04. The van der Waals surface area contributed by atoms with Crippen molar-refractivity contribution in [3.8, 4) is 5.75 Å². The Labute approximate surface area is 169 Å². The molecule has 0 aliphatic carbocycles. The molecule has 1 unspecified atom stereocenters. The number of nitrogens with one attached hydrogen (secondary N) is 1. The van der Waals surface area contributed by atoms with Crippen LogP contribution in [0.2, 0.25) is 0 Å². The van der Waals surface area contributed by atoms with Crippen LogP contribution in [0.25, 0.3) is 0 Å². The standard InChI is InChI=1S/C24H22FNO3/c1-16(27)18-5-7-20(8-6-18)24(28)26-23(15-17-3-11-21(25)12-4-17)19-9-13-22(29-2)14-10-19/h3-14,23H,15H2,1-2H3,(H,26,28). The molecule has 0 heterocycles. The van der Waals surface area contributed by atoms with Gasteiger partial charge < -0.3 is 10.1 Å². The molecular formula is C24H22FNO3. The molecule has 0 aliphatic rings. The minimum absolute atomic E-state index is 0.0515. The van der Waals surface area contributed by atoms with E-state index >= 15 is 0 Å². The zero-order chi connectivity index (χ0) is 20.8. The van der Waals surface area contributed by atoms with Gasteiger partial charge in [0.25, 0.3) is 5.91 Å². The average molecular weight is 391 g/mol. The third-order valence-corrected chi connectivity index (χ3v) is 4.73. The topological polar surface area (TPSA) is 55.4 Å². The first-order valence-electron chi connectivity index (χ1n) is 9.26. The van der Waals surface area contributed by atoms with E-state index < -0.39 is 0 Å². The average Bonchev–Trinajstić information content (AvgIpc) is 2.75. The number of ether oxygens (including phenoxy) is 1. The molecule has 4 nitrogen and oxygen atoms in total. The van der Waals surface area contributed by atoms with E-state index in [0.717, 1.165) is 16.9 Å². The summed E-state index contributed by atoms with van der Waals surface area (Å²) in [6, 6.07) is 19.9. The van der Waals surface area contributed by atoms with E-state index in [2.05, 4.69) is 5.32 Å². The predicted molar refractivity (Wildman–Crippen MR) is 110 cm³/mol. The van der Waals surface area contributed by atoms with Gasteiger partial charge in [0.1, 0.15) is 11.6 Å². The van der Waals surface area contributed by atoms with Gasteiger partial charge in [0.15, 0.2) is 5.78 Å². The van der Waals surface area contributed by atoms with Crippen molar-refractivity contribution in [3.05, 3.63) is 101 Å². The summed E-state index contributed by atoms with van der Waals surface area (Å²) in [6.07, 6.45) is 0.504. The molecule has 3 rings (SSSR count). The van der Waals surface area contributed by atoms with E-state index in [-0.39, 0.29) is 23.5 Å². The van der Waals surface area contributed by atoms with Crippen molar-refractivity contribution in [2.45, 2.75) is 19.4 Å². The van der Waals surface area contributed by atoms with E-state index in [9.17, 15) is 14.0 Å². The maximum atomic E-state index is 13.2. The van der Waals surface area contributed by atoms with Gasteiger partial charge >= 0.3 is 0 Å². The normalized spacial score (nSPS) is 11.6. The Balaban J connectivity index is 1.83. The lowest BCUT2D eigenvalue weighted by Gasteiger charge is -2.20. The lowest BCUT2D eigenvalue weighted by molar-refractivity contribution is 0.0934. The van der Waals surface area contributed by atoms with Crippen molar-refractivity contribution in [3.63, 3.8) is 0 Å². The number of benzene rings is 3. The zero-order valence-electron chi connectivity index (χ0n) is 16.3. The lowest BCUT2D eigenvalue weighted by atomic mass is 9.98. The van der Waals surface area contributed by atoms with Crippen molar-refractivity contribution in [1.82, 2.24) is 5.32 Å². The van der Waals surface area contributed by atoms with Crippen LogP contribution in [0, 0.1) is 5.82 Å². The summed E-state index contributed by atoms with van der Waals surface area (Å²) in [5, 5.41) is 3.04. The third-order valence-electron chi connectivity index (χ3n) is 4.73. The summed E-state index contributed by atoms with van der Waals surface area (Å²) in [5.41, 5.74) is 2.83. The van der Waals surface area contributed by atoms with Crippen LogP contribution >= 0.6 is 0 Å². The third kappa shape index (κ3) is 5.29. The van der Waals surface area contributed by atoms with Gasteiger partial charge in [-0.2, -0.15) is 0 Å². The molecule has 0 saturated heterocycles.